The third-order valence-corrected chi connectivity index (χ3v) is 4.66. The lowest BCUT2D eigenvalue weighted by Crippen LogP contribution is -2.30. The van der Waals surface area contributed by atoms with Gasteiger partial charge in [-0.3, -0.25) is 4.79 Å². The minimum absolute atomic E-state index is 0.0385. The van der Waals surface area contributed by atoms with Gasteiger partial charge >= 0.3 is 0 Å². The number of halogens is 1. The number of benzene rings is 2. The lowest BCUT2D eigenvalue weighted by atomic mass is 9.97. The Morgan fingerprint density at radius 2 is 1.75 bits per heavy atom. The molecule has 2 aromatic rings. The van der Waals surface area contributed by atoms with E-state index in [0.717, 1.165) is 17.5 Å². The summed E-state index contributed by atoms with van der Waals surface area (Å²) in [6, 6.07) is 16.5. The van der Waals surface area contributed by atoms with Crippen molar-refractivity contribution in [3.05, 3.63) is 71.5 Å². The fraction of sp³-hybridized carbons (Fsp3) is 0.350. The zero-order chi connectivity index (χ0) is 17.4. The monoisotopic (exact) mass is 345 g/mol. The Morgan fingerprint density at radius 3 is 2.38 bits per heavy atom. The van der Waals surface area contributed by atoms with E-state index in [1.165, 1.54) is 12.1 Å². The van der Waals surface area contributed by atoms with Crippen LogP contribution in [-0.2, 0) is 10.5 Å². The maximum atomic E-state index is 12.9. The van der Waals surface area contributed by atoms with Gasteiger partial charge in [0.15, 0.2) is 0 Å². The number of rotatable bonds is 8. The van der Waals surface area contributed by atoms with Crippen LogP contribution in [0.15, 0.2) is 54.6 Å². The van der Waals surface area contributed by atoms with Crippen LogP contribution >= 0.6 is 11.8 Å². The van der Waals surface area contributed by atoms with Crippen molar-refractivity contribution in [1.29, 1.82) is 0 Å². The summed E-state index contributed by atoms with van der Waals surface area (Å²) in [7, 11) is 0. The molecule has 0 fully saturated rings. The number of carbonyl (C=O) groups excluding carboxylic acids is 1. The van der Waals surface area contributed by atoms with Gasteiger partial charge in [0, 0.05) is 5.75 Å². The molecular formula is C20H24FNOS. The van der Waals surface area contributed by atoms with Gasteiger partial charge in [0.1, 0.15) is 5.82 Å². The maximum absolute atomic E-state index is 12.9. The predicted octanol–water partition coefficient (Wildman–Crippen LogP) is 4.96. The Bertz CT molecular complexity index is 628. The highest BCUT2D eigenvalue weighted by atomic mass is 32.2. The van der Waals surface area contributed by atoms with Gasteiger partial charge in [-0.25, -0.2) is 4.39 Å². The van der Waals surface area contributed by atoms with Gasteiger partial charge in [0.05, 0.1) is 11.8 Å². The SMILES string of the molecule is CC(C)CC(NC(=O)CSCc1ccc(F)cc1)c1ccccc1. The van der Waals surface area contributed by atoms with Gasteiger partial charge in [-0.1, -0.05) is 56.3 Å². The minimum Gasteiger partial charge on any atom is -0.349 e. The second-order valence-electron chi connectivity index (χ2n) is 6.28. The van der Waals surface area contributed by atoms with Crippen LogP contribution in [-0.4, -0.2) is 11.7 Å². The van der Waals surface area contributed by atoms with E-state index in [1.54, 1.807) is 23.9 Å². The zero-order valence-electron chi connectivity index (χ0n) is 14.2. The van der Waals surface area contributed by atoms with E-state index in [9.17, 15) is 9.18 Å². The summed E-state index contributed by atoms with van der Waals surface area (Å²) >= 11 is 1.54. The fourth-order valence-corrected chi connectivity index (χ4v) is 3.31. The molecule has 0 aliphatic carbocycles. The molecule has 0 heterocycles. The first-order valence-corrected chi connectivity index (χ1v) is 9.36. The molecule has 1 amide bonds. The summed E-state index contributed by atoms with van der Waals surface area (Å²) in [5.74, 6) is 1.41. The molecule has 0 aromatic heterocycles. The van der Waals surface area contributed by atoms with Crippen molar-refractivity contribution in [2.45, 2.75) is 32.1 Å². The summed E-state index contributed by atoms with van der Waals surface area (Å²) in [6.07, 6.45) is 0.915. The van der Waals surface area contributed by atoms with Crippen molar-refractivity contribution >= 4 is 17.7 Å². The Kier molecular flexibility index (Phi) is 7.32. The van der Waals surface area contributed by atoms with Crippen LogP contribution in [0.25, 0.3) is 0 Å². The van der Waals surface area contributed by atoms with Gasteiger partial charge in [-0.15, -0.1) is 11.8 Å². The predicted molar refractivity (Wildman–Crippen MR) is 99.3 cm³/mol. The molecule has 0 aliphatic heterocycles. The summed E-state index contributed by atoms with van der Waals surface area (Å²) in [5, 5.41) is 3.14. The molecule has 1 N–H and O–H groups in total. The first kappa shape index (κ1) is 18.5. The fourth-order valence-electron chi connectivity index (χ4n) is 2.51. The topological polar surface area (TPSA) is 29.1 Å². The van der Waals surface area contributed by atoms with E-state index in [0.29, 0.717) is 17.4 Å². The minimum atomic E-state index is -0.235. The third kappa shape index (κ3) is 6.36. The van der Waals surface area contributed by atoms with Crippen LogP contribution in [0.2, 0.25) is 0 Å². The average molecular weight is 345 g/mol. The molecule has 128 valence electrons. The van der Waals surface area contributed by atoms with Crippen LogP contribution in [0.1, 0.15) is 37.4 Å². The Hall–Kier alpha value is -1.81. The summed E-state index contributed by atoms with van der Waals surface area (Å²) in [6.45, 7) is 4.32. The van der Waals surface area contributed by atoms with Crippen molar-refractivity contribution in [2.75, 3.05) is 5.75 Å². The summed E-state index contributed by atoms with van der Waals surface area (Å²) in [4.78, 5) is 12.3. The number of thioether (sulfide) groups is 1. The lowest BCUT2D eigenvalue weighted by molar-refractivity contribution is -0.119. The van der Waals surface area contributed by atoms with Crippen LogP contribution in [0.3, 0.4) is 0 Å². The molecule has 0 radical (unpaired) electrons. The van der Waals surface area contributed by atoms with Crippen LogP contribution in [0, 0.1) is 11.7 Å². The van der Waals surface area contributed by atoms with E-state index < -0.39 is 0 Å². The second kappa shape index (κ2) is 9.48. The Balaban J connectivity index is 1.85. The molecule has 1 atom stereocenters. The molecule has 0 aliphatic rings. The molecule has 2 nitrogen and oxygen atoms in total. The van der Waals surface area contributed by atoms with Crippen molar-refractivity contribution in [3.8, 4) is 0 Å². The summed E-state index contributed by atoms with van der Waals surface area (Å²) < 4.78 is 12.9. The zero-order valence-corrected chi connectivity index (χ0v) is 15.0. The number of hydrogen-bond acceptors (Lipinski definition) is 2. The van der Waals surface area contributed by atoms with E-state index in [-0.39, 0.29) is 17.8 Å². The molecule has 2 rings (SSSR count). The number of hydrogen-bond donors (Lipinski definition) is 1. The van der Waals surface area contributed by atoms with Gasteiger partial charge < -0.3 is 5.32 Å². The highest BCUT2D eigenvalue weighted by molar-refractivity contribution is 7.99. The van der Waals surface area contributed by atoms with Crippen LogP contribution in [0.5, 0.6) is 0 Å². The largest absolute Gasteiger partial charge is 0.349 e. The Morgan fingerprint density at radius 1 is 1.08 bits per heavy atom. The first-order valence-electron chi connectivity index (χ1n) is 8.21. The highest BCUT2D eigenvalue weighted by Crippen LogP contribution is 2.21. The second-order valence-corrected chi connectivity index (χ2v) is 7.27. The van der Waals surface area contributed by atoms with Crippen LogP contribution in [0.4, 0.5) is 4.39 Å². The molecule has 1 unspecified atom stereocenters. The van der Waals surface area contributed by atoms with Crippen molar-refractivity contribution in [1.82, 2.24) is 5.32 Å². The van der Waals surface area contributed by atoms with Gasteiger partial charge in [-0.05, 0) is 35.6 Å². The number of carbonyl (C=O) groups is 1. The lowest BCUT2D eigenvalue weighted by Gasteiger charge is -2.21. The Labute approximate surface area is 147 Å². The average Bonchev–Trinajstić information content (AvgIpc) is 2.56. The molecule has 24 heavy (non-hydrogen) atoms. The van der Waals surface area contributed by atoms with Crippen molar-refractivity contribution in [2.24, 2.45) is 5.92 Å². The molecule has 0 spiro atoms. The standard InChI is InChI=1S/C20H24FNOS/c1-15(2)12-19(17-6-4-3-5-7-17)22-20(23)14-24-13-16-8-10-18(21)11-9-16/h3-11,15,19H,12-14H2,1-2H3,(H,22,23). The molecule has 4 heteroatoms. The van der Waals surface area contributed by atoms with Crippen LogP contribution < -0.4 is 5.32 Å². The maximum Gasteiger partial charge on any atom is 0.230 e. The van der Waals surface area contributed by atoms with E-state index in [1.807, 2.05) is 18.2 Å². The molecule has 0 saturated heterocycles. The van der Waals surface area contributed by atoms with Gasteiger partial charge in [0.2, 0.25) is 5.91 Å². The van der Waals surface area contributed by atoms with Gasteiger partial charge in [-0.2, -0.15) is 0 Å². The molecule has 0 saturated carbocycles. The van der Waals surface area contributed by atoms with Crippen molar-refractivity contribution in [3.63, 3.8) is 0 Å². The smallest absolute Gasteiger partial charge is 0.230 e. The van der Waals surface area contributed by atoms with E-state index in [2.05, 4.69) is 31.3 Å². The third-order valence-electron chi connectivity index (χ3n) is 3.66. The molecular weight excluding hydrogens is 321 g/mol. The summed E-state index contributed by atoms with van der Waals surface area (Å²) in [5.41, 5.74) is 2.17. The number of nitrogens with one attached hydrogen (secondary N) is 1. The van der Waals surface area contributed by atoms with E-state index >= 15 is 0 Å². The van der Waals surface area contributed by atoms with Crippen molar-refractivity contribution < 1.29 is 9.18 Å². The number of amides is 1. The van der Waals surface area contributed by atoms with Gasteiger partial charge in [0.25, 0.3) is 0 Å². The molecule has 2 aromatic carbocycles. The normalized spacial score (nSPS) is 12.2. The first-order chi connectivity index (χ1) is 11.5. The highest BCUT2D eigenvalue weighted by Gasteiger charge is 2.15. The molecule has 0 bridgehead atoms. The quantitative estimate of drug-likeness (QED) is 0.732. The van der Waals surface area contributed by atoms with E-state index in [4.69, 9.17) is 0 Å².